The molecule has 0 spiro atoms. The Kier molecular flexibility index (Phi) is 6.68. The van der Waals surface area contributed by atoms with Gasteiger partial charge in [-0.15, -0.1) is 0 Å². The fraction of sp³-hybridized carbons (Fsp3) is 0.364. The van der Waals surface area contributed by atoms with Gasteiger partial charge in [0.1, 0.15) is 11.6 Å². The molecule has 4 nitrogen and oxygen atoms in total. The number of anilines is 1. The van der Waals surface area contributed by atoms with Crippen LogP contribution in [0.15, 0.2) is 42.9 Å². The summed E-state index contributed by atoms with van der Waals surface area (Å²) in [6, 6.07) is 8.73. The largest absolute Gasteiger partial charge is 0.356 e. The van der Waals surface area contributed by atoms with Gasteiger partial charge in [0, 0.05) is 36.5 Å². The maximum atomic E-state index is 13.5. The number of imidazole rings is 1. The van der Waals surface area contributed by atoms with E-state index in [-0.39, 0.29) is 5.02 Å². The third kappa shape index (κ3) is 4.20. The van der Waals surface area contributed by atoms with E-state index in [4.69, 9.17) is 11.6 Å². The lowest BCUT2D eigenvalue weighted by Crippen LogP contribution is -2.34. The van der Waals surface area contributed by atoms with Gasteiger partial charge in [0.25, 0.3) is 0 Å². The predicted octanol–water partition coefficient (Wildman–Crippen LogP) is 5.98. The lowest BCUT2D eigenvalue weighted by atomic mass is 9.92. The third-order valence-corrected chi connectivity index (χ3v) is 5.36. The molecule has 1 aliphatic rings. The minimum absolute atomic E-state index is 0.130. The molecule has 6 heteroatoms. The topological polar surface area (TPSA) is 44.8 Å². The second-order valence-electron chi connectivity index (χ2n) is 6.68. The van der Waals surface area contributed by atoms with Crippen LogP contribution >= 0.6 is 11.6 Å². The summed E-state index contributed by atoms with van der Waals surface area (Å²) in [7, 11) is 0. The Morgan fingerprint density at radius 3 is 2.54 bits per heavy atom. The molecule has 0 bridgehead atoms. The second-order valence-corrected chi connectivity index (χ2v) is 7.08. The van der Waals surface area contributed by atoms with Crippen molar-refractivity contribution in [2.75, 3.05) is 18.0 Å². The standard InChI is InChI=1S/C20H20ClFN4.C2H6/c1-13-19(25-12-24-13)14-6-9-26(10-7-14)20-16(3-2-8-23-20)15-4-5-18(22)17(21)11-15;1-2/h2-5,8,11-12,14H,6-7,9-10H2,1H3,(H,24,25);1-2H3. The van der Waals surface area contributed by atoms with Crippen molar-refractivity contribution in [2.45, 2.75) is 39.5 Å². The smallest absolute Gasteiger partial charge is 0.141 e. The van der Waals surface area contributed by atoms with Crippen molar-refractivity contribution in [3.05, 3.63) is 65.1 Å². The van der Waals surface area contributed by atoms with Gasteiger partial charge in [-0.05, 0) is 49.6 Å². The van der Waals surface area contributed by atoms with E-state index in [2.05, 4.69) is 26.8 Å². The summed E-state index contributed by atoms with van der Waals surface area (Å²) in [5, 5.41) is 0.130. The first kappa shape index (κ1) is 20.3. The molecule has 0 saturated carbocycles. The maximum absolute atomic E-state index is 13.5. The summed E-state index contributed by atoms with van der Waals surface area (Å²) < 4.78 is 13.5. The van der Waals surface area contributed by atoms with Crippen LogP contribution < -0.4 is 4.90 Å². The van der Waals surface area contributed by atoms with Gasteiger partial charge in [0.05, 0.1) is 17.0 Å². The van der Waals surface area contributed by atoms with Crippen molar-refractivity contribution in [3.8, 4) is 11.1 Å². The zero-order valence-corrected chi connectivity index (χ0v) is 17.3. The molecule has 148 valence electrons. The van der Waals surface area contributed by atoms with E-state index >= 15 is 0 Å². The zero-order chi connectivity index (χ0) is 20.1. The molecular weight excluding hydrogens is 375 g/mol. The second kappa shape index (κ2) is 9.20. The van der Waals surface area contributed by atoms with E-state index in [1.54, 1.807) is 24.7 Å². The third-order valence-electron chi connectivity index (χ3n) is 5.07. The predicted molar refractivity (Wildman–Crippen MR) is 114 cm³/mol. The number of aryl methyl sites for hydroxylation is 1. The Bertz CT molecular complexity index is 916. The van der Waals surface area contributed by atoms with Gasteiger partial charge in [-0.25, -0.2) is 14.4 Å². The summed E-state index contributed by atoms with van der Waals surface area (Å²) in [4.78, 5) is 14.5. The van der Waals surface area contributed by atoms with Crippen LogP contribution in [0.5, 0.6) is 0 Å². The van der Waals surface area contributed by atoms with Gasteiger partial charge in [0.2, 0.25) is 0 Å². The quantitative estimate of drug-likeness (QED) is 0.587. The number of nitrogens with one attached hydrogen (secondary N) is 1. The number of benzene rings is 1. The van der Waals surface area contributed by atoms with Crippen LogP contribution in [0.3, 0.4) is 0 Å². The maximum Gasteiger partial charge on any atom is 0.141 e. The Morgan fingerprint density at radius 1 is 1.14 bits per heavy atom. The highest BCUT2D eigenvalue weighted by molar-refractivity contribution is 6.31. The average Bonchev–Trinajstić information content (AvgIpc) is 3.17. The van der Waals surface area contributed by atoms with E-state index in [9.17, 15) is 4.39 Å². The number of aromatic nitrogens is 3. The highest BCUT2D eigenvalue weighted by Gasteiger charge is 2.25. The lowest BCUT2D eigenvalue weighted by Gasteiger charge is -2.33. The lowest BCUT2D eigenvalue weighted by molar-refractivity contribution is 0.493. The highest BCUT2D eigenvalue weighted by atomic mass is 35.5. The number of piperidine rings is 1. The number of H-pyrrole nitrogens is 1. The van der Waals surface area contributed by atoms with E-state index in [1.807, 2.05) is 26.0 Å². The average molecular weight is 401 g/mol. The summed E-state index contributed by atoms with van der Waals surface area (Å²) in [6.45, 7) is 7.90. The number of hydrogen-bond donors (Lipinski definition) is 1. The molecule has 3 aromatic rings. The molecule has 0 amide bonds. The Hall–Kier alpha value is -2.40. The molecule has 3 heterocycles. The Morgan fingerprint density at radius 2 is 1.89 bits per heavy atom. The first-order valence-corrected chi connectivity index (χ1v) is 10.2. The fourth-order valence-corrected chi connectivity index (χ4v) is 3.86. The van der Waals surface area contributed by atoms with Crippen LogP contribution in [-0.4, -0.2) is 28.0 Å². The number of halogens is 2. The van der Waals surface area contributed by atoms with Crippen LogP contribution in [0.1, 0.15) is 44.0 Å². The van der Waals surface area contributed by atoms with Gasteiger partial charge < -0.3 is 9.88 Å². The molecule has 2 aromatic heterocycles. The minimum Gasteiger partial charge on any atom is -0.356 e. The molecular formula is C22H26ClFN4. The number of pyridine rings is 1. The molecule has 1 aliphatic heterocycles. The van der Waals surface area contributed by atoms with Crippen molar-refractivity contribution in [1.29, 1.82) is 0 Å². The van der Waals surface area contributed by atoms with Crippen LogP contribution in [0, 0.1) is 12.7 Å². The van der Waals surface area contributed by atoms with Crippen LogP contribution in [0.4, 0.5) is 10.2 Å². The van der Waals surface area contributed by atoms with Crippen molar-refractivity contribution in [2.24, 2.45) is 0 Å². The SMILES string of the molecule is CC.Cc1[nH]cnc1C1CCN(c2ncccc2-c2ccc(F)c(Cl)c2)CC1. The Labute approximate surface area is 170 Å². The van der Waals surface area contributed by atoms with E-state index in [0.717, 1.165) is 48.6 Å². The highest BCUT2D eigenvalue weighted by Crippen LogP contribution is 2.35. The van der Waals surface area contributed by atoms with Gasteiger partial charge >= 0.3 is 0 Å². The van der Waals surface area contributed by atoms with E-state index < -0.39 is 5.82 Å². The first-order chi connectivity index (χ1) is 13.6. The molecule has 1 saturated heterocycles. The molecule has 1 fully saturated rings. The Balaban J connectivity index is 0.00000109. The minimum atomic E-state index is -0.406. The molecule has 1 N–H and O–H groups in total. The first-order valence-electron chi connectivity index (χ1n) is 9.78. The summed E-state index contributed by atoms with van der Waals surface area (Å²) in [5.41, 5.74) is 4.19. The van der Waals surface area contributed by atoms with Gasteiger partial charge in [-0.2, -0.15) is 0 Å². The van der Waals surface area contributed by atoms with Gasteiger partial charge in [-0.3, -0.25) is 0 Å². The van der Waals surface area contributed by atoms with Crippen molar-refractivity contribution >= 4 is 17.4 Å². The van der Waals surface area contributed by atoms with Gasteiger partial charge in [0.15, 0.2) is 0 Å². The molecule has 1 aromatic carbocycles. The molecule has 4 rings (SSSR count). The molecule has 0 aliphatic carbocycles. The molecule has 0 unspecified atom stereocenters. The van der Waals surface area contributed by atoms with Crippen molar-refractivity contribution in [1.82, 2.24) is 15.0 Å². The number of hydrogen-bond acceptors (Lipinski definition) is 3. The summed E-state index contributed by atoms with van der Waals surface area (Å²) >= 11 is 5.97. The monoisotopic (exact) mass is 400 g/mol. The molecule has 28 heavy (non-hydrogen) atoms. The zero-order valence-electron chi connectivity index (χ0n) is 16.5. The summed E-state index contributed by atoms with van der Waals surface area (Å²) in [5.74, 6) is 0.994. The van der Waals surface area contributed by atoms with E-state index in [0.29, 0.717) is 5.92 Å². The van der Waals surface area contributed by atoms with Crippen LogP contribution in [-0.2, 0) is 0 Å². The number of aromatic amines is 1. The van der Waals surface area contributed by atoms with Gasteiger partial charge in [-0.1, -0.05) is 31.5 Å². The van der Waals surface area contributed by atoms with Crippen LogP contribution in [0.2, 0.25) is 5.02 Å². The van der Waals surface area contributed by atoms with E-state index in [1.165, 1.54) is 11.8 Å². The summed E-state index contributed by atoms with van der Waals surface area (Å²) in [6.07, 6.45) is 5.64. The van der Waals surface area contributed by atoms with Crippen LogP contribution in [0.25, 0.3) is 11.1 Å². The number of nitrogens with zero attached hydrogens (tertiary/aromatic N) is 3. The number of rotatable bonds is 3. The van der Waals surface area contributed by atoms with Crippen molar-refractivity contribution < 1.29 is 4.39 Å². The van der Waals surface area contributed by atoms with Crippen molar-refractivity contribution in [3.63, 3.8) is 0 Å². The fourth-order valence-electron chi connectivity index (χ4n) is 3.68. The molecule has 0 radical (unpaired) electrons. The normalized spacial score (nSPS) is 14.5. The molecule has 0 atom stereocenters.